The maximum Gasteiger partial charge on any atom is 0.192 e. The van der Waals surface area contributed by atoms with Crippen LogP contribution in [0, 0.1) is 6.92 Å². The molecule has 90 valence electrons. The average molecular weight is 230 g/mol. The number of carbonyl (C=O) groups is 1. The van der Waals surface area contributed by atoms with Gasteiger partial charge in [0.1, 0.15) is 5.75 Å². The Morgan fingerprint density at radius 2 is 2.12 bits per heavy atom. The van der Waals surface area contributed by atoms with Gasteiger partial charge in [0, 0.05) is 0 Å². The molecule has 2 nitrogen and oxygen atoms in total. The van der Waals surface area contributed by atoms with Gasteiger partial charge in [0.2, 0.25) is 0 Å². The van der Waals surface area contributed by atoms with E-state index in [1.54, 1.807) is 7.11 Å². The fourth-order valence-electron chi connectivity index (χ4n) is 2.22. The predicted molar refractivity (Wildman–Crippen MR) is 68.6 cm³/mol. The number of rotatable bonds is 3. The van der Waals surface area contributed by atoms with Crippen LogP contribution in [0.25, 0.3) is 0 Å². The minimum Gasteiger partial charge on any atom is -0.496 e. The van der Waals surface area contributed by atoms with E-state index in [1.807, 2.05) is 25.1 Å². The predicted octanol–water partition coefficient (Wildman–Crippen LogP) is 3.69. The highest BCUT2D eigenvalue weighted by atomic mass is 16.5. The van der Waals surface area contributed by atoms with Gasteiger partial charge in [0.25, 0.3) is 0 Å². The summed E-state index contributed by atoms with van der Waals surface area (Å²) in [5.41, 5.74) is 2.73. The van der Waals surface area contributed by atoms with Gasteiger partial charge in [-0.2, -0.15) is 0 Å². The SMILES string of the molecule is COc1ccc(C)cc1C(=O)C1=CCCCC1. The number of allylic oxidation sites excluding steroid dienone is 2. The summed E-state index contributed by atoms with van der Waals surface area (Å²) in [5, 5.41) is 0. The molecule has 0 N–H and O–H groups in total. The average Bonchev–Trinajstić information content (AvgIpc) is 2.39. The molecule has 0 aromatic heterocycles. The van der Waals surface area contributed by atoms with Gasteiger partial charge in [-0.05, 0) is 50.3 Å². The van der Waals surface area contributed by atoms with E-state index in [1.165, 1.54) is 6.42 Å². The summed E-state index contributed by atoms with van der Waals surface area (Å²) in [7, 11) is 1.61. The third-order valence-corrected chi connectivity index (χ3v) is 3.18. The van der Waals surface area contributed by atoms with Gasteiger partial charge in [0.05, 0.1) is 12.7 Å². The van der Waals surface area contributed by atoms with Crippen LogP contribution in [0.5, 0.6) is 5.75 Å². The Labute approximate surface area is 102 Å². The molecule has 0 atom stereocenters. The highest BCUT2D eigenvalue weighted by Crippen LogP contribution is 2.27. The Hall–Kier alpha value is -1.57. The third kappa shape index (κ3) is 2.57. The van der Waals surface area contributed by atoms with E-state index in [2.05, 4.69) is 6.08 Å². The molecule has 1 aromatic carbocycles. The molecule has 0 radical (unpaired) electrons. The van der Waals surface area contributed by atoms with Crippen LogP contribution in [-0.4, -0.2) is 12.9 Å². The molecular formula is C15H18O2. The summed E-state index contributed by atoms with van der Waals surface area (Å²) in [6.45, 7) is 1.99. The van der Waals surface area contributed by atoms with Gasteiger partial charge >= 0.3 is 0 Å². The van der Waals surface area contributed by atoms with Crippen molar-refractivity contribution >= 4 is 5.78 Å². The normalized spacial score (nSPS) is 15.3. The highest BCUT2D eigenvalue weighted by molar-refractivity contribution is 6.10. The van der Waals surface area contributed by atoms with Crippen molar-refractivity contribution in [3.05, 3.63) is 41.0 Å². The molecule has 2 heteroatoms. The first-order chi connectivity index (χ1) is 8.22. The Bertz CT molecular complexity index is 458. The van der Waals surface area contributed by atoms with E-state index >= 15 is 0 Å². The quantitative estimate of drug-likeness (QED) is 0.740. The van der Waals surface area contributed by atoms with Crippen molar-refractivity contribution in [1.82, 2.24) is 0 Å². The molecule has 0 saturated carbocycles. The number of hydrogen-bond acceptors (Lipinski definition) is 2. The third-order valence-electron chi connectivity index (χ3n) is 3.18. The number of ether oxygens (including phenoxy) is 1. The fraction of sp³-hybridized carbons (Fsp3) is 0.400. The van der Waals surface area contributed by atoms with Gasteiger partial charge in [-0.25, -0.2) is 0 Å². The van der Waals surface area contributed by atoms with Crippen LogP contribution < -0.4 is 4.74 Å². The highest BCUT2D eigenvalue weighted by Gasteiger charge is 2.18. The van der Waals surface area contributed by atoms with Crippen molar-refractivity contribution < 1.29 is 9.53 Å². The van der Waals surface area contributed by atoms with Gasteiger partial charge in [-0.3, -0.25) is 4.79 Å². The van der Waals surface area contributed by atoms with Gasteiger partial charge in [-0.1, -0.05) is 17.7 Å². The zero-order valence-corrected chi connectivity index (χ0v) is 10.5. The number of Topliss-reactive ketones (excluding diaryl/α,β-unsaturated/α-hetero) is 1. The van der Waals surface area contributed by atoms with Gasteiger partial charge in [0.15, 0.2) is 5.78 Å². The van der Waals surface area contributed by atoms with Crippen LogP contribution in [-0.2, 0) is 0 Å². The smallest absolute Gasteiger partial charge is 0.192 e. The van der Waals surface area contributed by atoms with Gasteiger partial charge in [-0.15, -0.1) is 0 Å². The van der Waals surface area contributed by atoms with E-state index < -0.39 is 0 Å². The van der Waals surface area contributed by atoms with Crippen LogP contribution in [0.3, 0.4) is 0 Å². The molecule has 0 bridgehead atoms. The lowest BCUT2D eigenvalue weighted by Crippen LogP contribution is -2.08. The maximum atomic E-state index is 12.4. The summed E-state index contributed by atoms with van der Waals surface area (Å²) in [6, 6.07) is 5.74. The summed E-state index contributed by atoms with van der Waals surface area (Å²) in [5.74, 6) is 0.803. The largest absolute Gasteiger partial charge is 0.496 e. The number of carbonyl (C=O) groups excluding carboxylic acids is 1. The summed E-state index contributed by atoms with van der Waals surface area (Å²) in [6.07, 6.45) is 6.31. The summed E-state index contributed by atoms with van der Waals surface area (Å²) < 4.78 is 5.26. The van der Waals surface area contributed by atoms with Crippen molar-refractivity contribution in [3.63, 3.8) is 0 Å². The molecule has 0 aliphatic heterocycles. The molecule has 0 spiro atoms. The van der Waals surface area contributed by atoms with Crippen LogP contribution in [0.1, 0.15) is 41.6 Å². The first kappa shape index (κ1) is 11.9. The number of methoxy groups -OCH3 is 1. The molecule has 0 fully saturated rings. The lowest BCUT2D eigenvalue weighted by atomic mass is 9.92. The molecule has 17 heavy (non-hydrogen) atoms. The second-order valence-electron chi connectivity index (χ2n) is 4.51. The molecule has 0 heterocycles. The van der Waals surface area contributed by atoms with E-state index in [4.69, 9.17) is 4.74 Å². The lowest BCUT2D eigenvalue weighted by Gasteiger charge is -2.14. The molecule has 1 aromatic rings. The van der Waals surface area contributed by atoms with Crippen LogP contribution in [0.4, 0.5) is 0 Å². The first-order valence-corrected chi connectivity index (χ1v) is 6.11. The molecule has 0 unspecified atom stereocenters. The Kier molecular flexibility index (Phi) is 3.62. The van der Waals surface area contributed by atoms with Crippen molar-refractivity contribution in [2.45, 2.75) is 32.6 Å². The van der Waals surface area contributed by atoms with Gasteiger partial charge < -0.3 is 4.74 Å². The molecule has 1 aliphatic rings. The minimum atomic E-state index is 0.130. The van der Waals surface area contributed by atoms with E-state index in [0.717, 1.165) is 30.4 Å². The van der Waals surface area contributed by atoms with Crippen molar-refractivity contribution in [1.29, 1.82) is 0 Å². The number of aryl methyl sites for hydroxylation is 1. The fourth-order valence-corrected chi connectivity index (χ4v) is 2.22. The zero-order chi connectivity index (χ0) is 12.3. The maximum absolute atomic E-state index is 12.4. The van der Waals surface area contributed by atoms with E-state index in [9.17, 15) is 4.79 Å². The van der Waals surface area contributed by atoms with Crippen molar-refractivity contribution in [2.75, 3.05) is 7.11 Å². The molecule has 0 amide bonds. The topological polar surface area (TPSA) is 26.3 Å². The lowest BCUT2D eigenvalue weighted by molar-refractivity contribution is 0.102. The van der Waals surface area contributed by atoms with E-state index in [0.29, 0.717) is 11.3 Å². The van der Waals surface area contributed by atoms with Crippen molar-refractivity contribution in [3.8, 4) is 5.75 Å². The summed E-state index contributed by atoms with van der Waals surface area (Å²) in [4.78, 5) is 12.4. The first-order valence-electron chi connectivity index (χ1n) is 6.11. The van der Waals surface area contributed by atoms with E-state index in [-0.39, 0.29) is 5.78 Å². The molecule has 1 aliphatic carbocycles. The number of hydrogen-bond donors (Lipinski definition) is 0. The number of benzene rings is 1. The second kappa shape index (κ2) is 5.17. The van der Waals surface area contributed by atoms with Crippen molar-refractivity contribution in [2.24, 2.45) is 0 Å². The van der Waals surface area contributed by atoms with Crippen LogP contribution in [0.2, 0.25) is 0 Å². The molecular weight excluding hydrogens is 212 g/mol. The minimum absolute atomic E-state index is 0.130. The monoisotopic (exact) mass is 230 g/mol. The zero-order valence-electron chi connectivity index (χ0n) is 10.5. The van der Waals surface area contributed by atoms with Crippen LogP contribution >= 0.6 is 0 Å². The summed E-state index contributed by atoms with van der Waals surface area (Å²) >= 11 is 0. The molecule has 0 saturated heterocycles. The standard InChI is InChI=1S/C15H18O2/c1-11-8-9-14(17-2)13(10-11)15(16)12-6-4-3-5-7-12/h6,8-10H,3-5,7H2,1-2H3. The Morgan fingerprint density at radius 3 is 2.76 bits per heavy atom. The second-order valence-corrected chi connectivity index (χ2v) is 4.51. The Balaban J connectivity index is 2.35. The Morgan fingerprint density at radius 1 is 1.29 bits per heavy atom. The van der Waals surface area contributed by atoms with Crippen LogP contribution in [0.15, 0.2) is 29.8 Å². The number of ketones is 1. The molecule has 2 rings (SSSR count).